The summed E-state index contributed by atoms with van der Waals surface area (Å²) < 4.78 is 2.39. The Morgan fingerprint density at radius 2 is 1.47 bits per heavy atom. The number of H-pyrrole nitrogens is 1. The van der Waals surface area contributed by atoms with Gasteiger partial charge in [0.25, 0.3) is 5.82 Å². The second-order valence-electron chi connectivity index (χ2n) is 5.68. The molecule has 0 unspecified atom stereocenters. The summed E-state index contributed by atoms with van der Waals surface area (Å²) in [4.78, 5) is 3.40. The first-order valence-corrected chi connectivity index (χ1v) is 8.44. The average Bonchev–Trinajstić information content (AvgIpc) is 2.87. The summed E-state index contributed by atoms with van der Waals surface area (Å²) in [6.45, 7) is 5.71. The molecule has 0 atom stereocenters. The second-order valence-corrected chi connectivity index (χ2v) is 5.68. The van der Waals surface area contributed by atoms with E-state index in [0.717, 1.165) is 0 Å². The number of aryl methyl sites for hydroxylation is 2. The number of hydrogen-bond acceptors (Lipinski definition) is 0. The summed E-state index contributed by atoms with van der Waals surface area (Å²) in [5, 5.41) is 0. The van der Waals surface area contributed by atoms with Crippen LogP contribution in [0.4, 0.5) is 0 Å². The molecular weight excluding hydrogens is 232 g/mol. The topological polar surface area (TPSA) is 19.7 Å². The van der Waals surface area contributed by atoms with Gasteiger partial charge in [0.15, 0.2) is 0 Å². The zero-order chi connectivity index (χ0) is 13.8. The van der Waals surface area contributed by atoms with Crippen LogP contribution in [0.15, 0.2) is 12.4 Å². The summed E-state index contributed by atoms with van der Waals surface area (Å²) in [5.74, 6) is 1.42. The van der Waals surface area contributed by atoms with Crippen LogP contribution < -0.4 is 4.57 Å². The minimum Gasteiger partial charge on any atom is -0.248 e. The van der Waals surface area contributed by atoms with Gasteiger partial charge in [-0.25, -0.2) is 9.55 Å². The SMILES string of the molecule is CCCCCCCCCCc1[nH]cc[n+]1CCCC. The van der Waals surface area contributed by atoms with E-state index >= 15 is 0 Å². The lowest BCUT2D eigenvalue weighted by Crippen LogP contribution is -2.35. The van der Waals surface area contributed by atoms with E-state index in [4.69, 9.17) is 0 Å². The zero-order valence-electron chi connectivity index (χ0n) is 13.1. The van der Waals surface area contributed by atoms with E-state index in [-0.39, 0.29) is 0 Å². The molecule has 2 heteroatoms. The fourth-order valence-electron chi connectivity index (χ4n) is 2.58. The molecule has 0 spiro atoms. The molecule has 0 fully saturated rings. The van der Waals surface area contributed by atoms with Crippen molar-refractivity contribution < 1.29 is 4.57 Å². The van der Waals surface area contributed by atoms with Crippen molar-refractivity contribution in [3.8, 4) is 0 Å². The Morgan fingerprint density at radius 3 is 2.16 bits per heavy atom. The van der Waals surface area contributed by atoms with Gasteiger partial charge in [-0.3, -0.25) is 0 Å². The lowest BCUT2D eigenvalue weighted by atomic mass is 10.1. The second kappa shape index (κ2) is 11.1. The monoisotopic (exact) mass is 265 g/mol. The van der Waals surface area contributed by atoms with Gasteiger partial charge in [-0.15, -0.1) is 0 Å². The van der Waals surface area contributed by atoms with Gasteiger partial charge in [0.1, 0.15) is 12.4 Å². The number of hydrogen-bond donors (Lipinski definition) is 1. The van der Waals surface area contributed by atoms with E-state index in [0.29, 0.717) is 0 Å². The van der Waals surface area contributed by atoms with E-state index in [1.54, 1.807) is 0 Å². The third-order valence-electron chi connectivity index (χ3n) is 3.87. The molecule has 1 rings (SSSR count). The number of nitrogens with one attached hydrogen (secondary N) is 1. The molecular formula is C17H33N2+. The molecule has 0 aliphatic carbocycles. The van der Waals surface area contributed by atoms with Crippen molar-refractivity contribution in [3.05, 3.63) is 18.2 Å². The van der Waals surface area contributed by atoms with Gasteiger partial charge in [0, 0.05) is 6.42 Å². The van der Waals surface area contributed by atoms with Crippen LogP contribution in [-0.2, 0) is 13.0 Å². The molecule has 1 aromatic rings. The number of aromatic amines is 1. The molecule has 0 saturated carbocycles. The Bertz CT molecular complexity index is 304. The van der Waals surface area contributed by atoms with E-state index in [1.807, 2.05) is 0 Å². The Balaban J connectivity index is 2.04. The molecule has 1 N–H and O–H groups in total. The summed E-state index contributed by atoms with van der Waals surface area (Å²) in [5.41, 5.74) is 0. The third-order valence-corrected chi connectivity index (χ3v) is 3.87. The minimum atomic E-state index is 1.17. The summed E-state index contributed by atoms with van der Waals surface area (Å²) in [6, 6.07) is 0. The largest absolute Gasteiger partial charge is 0.254 e. The molecule has 110 valence electrons. The van der Waals surface area contributed by atoms with Gasteiger partial charge in [-0.1, -0.05) is 65.2 Å². The van der Waals surface area contributed by atoms with Crippen LogP contribution in [0.1, 0.15) is 83.9 Å². The van der Waals surface area contributed by atoms with Gasteiger partial charge >= 0.3 is 0 Å². The van der Waals surface area contributed by atoms with Crippen LogP contribution >= 0.6 is 0 Å². The van der Waals surface area contributed by atoms with Crippen molar-refractivity contribution in [1.29, 1.82) is 0 Å². The highest BCUT2D eigenvalue weighted by Gasteiger charge is 2.08. The smallest absolute Gasteiger partial charge is 0.248 e. The maximum atomic E-state index is 3.40. The van der Waals surface area contributed by atoms with Crippen LogP contribution in [0, 0.1) is 0 Å². The van der Waals surface area contributed by atoms with Gasteiger partial charge in [-0.2, -0.15) is 0 Å². The molecule has 1 heterocycles. The number of unbranched alkanes of at least 4 members (excludes halogenated alkanes) is 8. The van der Waals surface area contributed by atoms with Crippen molar-refractivity contribution >= 4 is 0 Å². The van der Waals surface area contributed by atoms with Crippen LogP contribution in [0.2, 0.25) is 0 Å². The predicted molar refractivity (Wildman–Crippen MR) is 82.2 cm³/mol. The number of rotatable bonds is 12. The molecule has 19 heavy (non-hydrogen) atoms. The quantitative estimate of drug-likeness (QED) is 0.414. The van der Waals surface area contributed by atoms with E-state index in [9.17, 15) is 0 Å². The first-order valence-electron chi connectivity index (χ1n) is 8.44. The minimum absolute atomic E-state index is 1.17. The van der Waals surface area contributed by atoms with Crippen molar-refractivity contribution in [3.63, 3.8) is 0 Å². The molecule has 1 aromatic heterocycles. The van der Waals surface area contributed by atoms with E-state index < -0.39 is 0 Å². The molecule has 0 saturated heterocycles. The van der Waals surface area contributed by atoms with Crippen LogP contribution in [0.5, 0.6) is 0 Å². The molecule has 0 aromatic carbocycles. The third kappa shape index (κ3) is 7.39. The number of aromatic nitrogens is 2. The lowest BCUT2D eigenvalue weighted by Gasteiger charge is -2.02. The molecule has 0 radical (unpaired) electrons. The standard InChI is InChI=1S/C17H32N2/c1-3-5-7-8-9-10-11-12-13-17-18-14-16-19(17)15-6-4-2/h14,16H,3-13,15H2,1-2H3/p+1. The molecule has 0 aliphatic heterocycles. The Hall–Kier alpha value is -0.790. The highest BCUT2D eigenvalue weighted by Crippen LogP contribution is 2.09. The predicted octanol–water partition coefficient (Wildman–Crippen LogP) is 4.79. The Morgan fingerprint density at radius 1 is 0.842 bits per heavy atom. The van der Waals surface area contributed by atoms with Gasteiger partial charge < -0.3 is 0 Å². The van der Waals surface area contributed by atoms with Gasteiger partial charge in [-0.05, 0) is 12.8 Å². The average molecular weight is 265 g/mol. The van der Waals surface area contributed by atoms with Crippen molar-refractivity contribution in [2.24, 2.45) is 0 Å². The lowest BCUT2D eigenvalue weighted by molar-refractivity contribution is -0.703. The first-order chi connectivity index (χ1) is 9.38. The van der Waals surface area contributed by atoms with Gasteiger partial charge in [0.2, 0.25) is 0 Å². The zero-order valence-corrected chi connectivity index (χ0v) is 13.1. The normalized spacial score (nSPS) is 11.1. The highest BCUT2D eigenvalue weighted by molar-refractivity contribution is 4.77. The molecule has 2 nitrogen and oxygen atoms in total. The summed E-state index contributed by atoms with van der Waals surface area (Å²) in [6.07, 6.45) is 19.3. The molecule has 0 aliphatic rings. The highest BCUT2D eigenvalue weighted by atomic mass is 15.1. The van der Waals surface area contributed by atoms with Crippen molar-refractivity contribution in [2.75, 3.05) is 0 Å². The Labute approximate surface area is 119 Å². The number of imidazole rings is 1. The maximum absolute atomic E-state index is 3.40. The molecule has 0 bridgehead atoms. The number of nitrogens with zero attached hydrogens (tertiary/aromatic N) is 1. The van der Waals surface area contributed by atoms with Crippen molar-refractivity contribution in [2.45, 2.75) is 91.0 Å². The summed E-state index contributed by atoms with van der Waals surface area (Å²) in [7, 11) is 0. The van der Waals surface area contributed by atoms with Crippen LogP contribution in [0.3, 0.4) is 0 Å². The fourth-order valence-corrected chi connectivity index (χ4v) is 2.58. The van der Waals surface area contributed by atoms with Gasteiger partial charge in [0.05, 0.1) is 6.54 Å². The fraction of sp³-hybridized carbons (Fsp3) is 0.824. The molecule has 0 amide bonds. The Kier molecular flexibility index (Phi) is 9.48. The van der Waals surface area contributed by atoms with Crippen molar-refractivity contribution in [1.82, 2.24) is 4.98 Å². The van der Waals surface area contributed by atoms with E-state index in [2.05, 4.69) is 35.8 Å². The summed E-state index contributed by atoms with van der Waals surface area (Å²) >= 11 is 0. The first kappa shape index (κ1) is 16.3. The maximum Gasteiger partial charge on any atom is 0.254 e. The van der Waals surface area contributed by atoms with Crippen LogP contribution in [-0.4, -0.2) is 4.98 Å². The van der Waals surface area contributed by atoms with E-state index in [1.165, 1.54) is 83.0 Å². The van der Waals surface area contributed by atoms with Crippen LogP contribution in [0.25, 0.3) is 0 Å².